The van der Waals surface area contributed by atoms with Crippen molar-refractivity contribution in [2.24, 2.45) is 11.7 Å². The Bertz CT molecular complexity index is 301. The molecule has 13 heavy (non-hydrogen) atoms. The summed E-state index contributed by atoms with van der Waals surface area (Å²) in [5.74, 6) is 1.72. The van der Waals surface area contributed by atoms with Gasteiger partial charge in [-0.1, -0.05) is 6.92 Å². The van der Waals surface area contributed by atoms with Crippen molar-refractivity contribution in [1.82, 2.24) is 4.98 Å². The smallest absolute Gasteiger partial charge is 0.141 e. The van der Waals surface area contributed by atoms with Gasteiger partial charge in [-0.15, -0.1) is 0 Å². The number of nitrogens with zero attached hydrogens (tertiary/aromatic N) is 1. The molecule has 0 aromatic carbocycles. The third-order valence-corrected chi connectivity index (χ3v) is 2.59. The average molecular weight is 178 g/mol. The molecule has 0 spiro atoms. The van der Waals surface area contributed by atoms with E-state index in [1.807, 2.05) is 12.1 Å². The molecule has 0 amide bonds. The summed E-state index contributed by atoms with van der Waals surface area (Å²) in [6, 6.07) is 3.85. The molecule has 2 rings (SSSR count). The Morgan fingerprint density at radius 3 is 3.31 bits per heavy atom. The Kier molecular flexibility index (Phi) is 2.19. The van der Waals surface area contributed by atoms with Crippen LogP contribution in [0.15, 0.2) is 18.3 Å². The summed E-state index contributed by atoms with van der Waals surface area (Å²) in [4.78, 5) is 4.32. The number of ether oxygens (including phenoxy) is 1. The molecule has 0 fully saturated rings. The Labute approximate surface area is 77.9 Å². The first-order valence-corrected chi connectivity index (χ1v) is 4.60. The Morgan fingerprint density at radius 1 is 1.69 bits per heavy atom. The number of hydrogen-bond donors (Lipinski definition) is 1. The van der Waals surface area contributed by atoms with E-state index in [9.17, 15) is 0 Å². The van der Waals surface area contributed by atoms with E-state index in [2.05, 4.69) is 11.9 Å². The van der Waals surface area contributed by atoms with Gasteiger partial charge in [0.1, 0.15) is 5.75 Å². The molecule has 0 unspecified atom stereocenters. The van der Waals surface area contributed by atoms with Crippen LogP contribution in [-0.2, 0) is 0 Å². The summed E-state index contributed by atoms with van der Waals surface area (Å²) in [6.45, 7) is 3.55. The molecular weight excluding hydrogens is 164 g/mol. The molecule has 0 aliphatic carbocycles. The molecule has 3 heteroatoms. The second kappa shape index (κ2) is 3.34. The predicted molar refractivity (Wildman–Crippen MR) is 50.7 cm³/mol. The van der Waals surface area contributed by atoms with Crippen molar-refractivity contribution in [2.75, 3.05) is 13.2 Å². The zero-order chi connectivity index (χ0) is 9.26. The third-order valence-electron chi connectivity index (χ3n) is 2.59. The summed E-state index contributed by atoms with van der Waals surface area (Å²) in [6.07, 6.45) is 1.79. The number of rotatable bonds is 1. The van der Waals surface area contributed by atoms with Crippen molar-refractivity contribution in [1.29, 1.82) is 0 Å². The van der Waals surface area contributed by atoms with Crippen LogP contribution in [0.3, 0.4) is 0 Å². The van der Waals surface area contributed by atoms with Crippen molar-refractivity contribution < 1.29 is 4.74 Å². The van der Waals surface area contributed by atoms with Gasteiger partial charge in [0.2, 0.25) is 0 Å². The van der Waals surface area contributed by atoms with E-state index in [1.54, 1.807) is 6.20 Å². The highest BCUT2D eigenvalue weighted by molar-refractivity contribution is 5.32. The van der Waals surface area contributed by atoms with Gasteiger partial charge in [0.05, 0.1) is 12.3 Å². The maximum absolute atomic E-state index is 5.71. The summed E-state index contributed by atoms with van der Waals surface area (Å²) in [7, 11) is 0. The highest BCUT2D eigenvalue weighted by Gasteiger charge is 2.27. The van der Waals surface area contributed by atoms with Crippen LogP contribution in [0.1, 0.15) is 18.5 Å². The Morgan fingerprint density at radius 2 is 2.54 bits per heavy atom. The molecule has 3 nitrogen and oxygen atoms in total. The van der Waals surface area contributed by atoms with E-state index in [1.165, 1.54) is 0 Å². The number of hydrogen-bond acceptors (Lipinski definition) is 3. The van der Waals surface area contributed by atoms with Gasteiger partial charge in [0.15, 0.2) is 0 Å². The van der Waals surface area contributed by atoms with Crippen LogP contribution in [0.2, 0.25) is 0 Å². The van der Waals surface area contributed by atoms with Crippen LogP contribution in [0.25, 0.3) is 0 Å². The minimum Gasteiger partial charge on any atom is -0.491 e. The van der Waals surface area contributed by atoms with E-state index >= 15 is 0 Å². The fraction of sp³-hybridized carbons (Fsp3) is 0.500. The molecule has 0 saturated carbocycles. The van der Waals surface area contributed by atoms with Crippen LogP contribution >= 0.6 is 0 Å². The normalized spacial score (nSPS) is 26.3. The Hall–Kier alpha value is -1.09. The standard InChI is InChI=1S/C10H14N2O/c1-7-6-13-9-3-2-4-12-10(9)8(7)5-11/h2-4,7-8H,5-6,11H2,1H3/t7-,8-/m0/s1. The summed E-state index contributed by atoms with van der Waals surface area (Å²) in [5.41, 5.74) is 6.73. The molecule has 0 bridgehead atoms. The molecule has 1 aliphatic rings. The van der Waals surface area contributed by atoms with Gasteiger partial charge in [-0.3, -0.25) is 4.98 Å². The molecule has 2 atom stereocenters. The minimum absolute atomic E-state index is 0.352. The lowest BCUT2D eigenvalue weighted by molar-refractivity contribution is 0.203. The Balaban J connectivity index is 2.39. The molecular formula is C10H14N2O. The van der Waals surface area contributed by atoms with E-state index in [4.69, 9.17) is 10.5 Å². The molecule has 2 heterocycles. The van der Waals surface area contributed by atoms with Crippen LogP contribution in [0.4, 0.5) is 0 Å². The van der Waals surface area contributed by atoms with Gasteiger partial charge >= 0.3 is 0 Å². The van der Waals surface area contributed by atoms with Gasteiger partial charge in [0, 0.05) is 18.7 Å². The third kappa shape index (κ3) is 1.40. The fourth-order valence-corrected chi connectivity index (χ4v) is 1.75. The molecule has 1 aliphatic heterocycles. The van der Waals surface area contributed by atoms with Crippen molar-refractivity contribution in [3.8, 4) is 5.75 Å². The molecule has 2 N–H and O–H groups in total. The van der Waals surface area contributed by atoms with Crippen LogP contribution in [0.5, 0.6) is 5.75 Å². The van der Waals surface area contributed by atoms with Crippen molar-refractivity contribution in [2.45, 2.75) is 12.8 Å². The molecule has 0 saturated heterocycles. The molecule has 1 aromatic rings. The lowest BCUT2D eigenvalue weighted by Gasteiger charge is -2.29. The fourth-order valence-electron chi connectivity index (χ4n) is 1.75. The predicted octanol–water partition coefficient (Wildman–Crippen LogP) is 1.15. The number of aromatic nitrogens is 1. The van der Waals surface area contributed by atoms with E-state index in [0.29, 0.717) is 18.4 Å². The van der Waals surface area contributed by atoms with Crippen molar-refractivity contribution in [3.05, 3.63) is 24.0 Å². The first-order valence-electron chi connectivity index (χ1n) is 4.60. The minimum atomic E-state index is 0.352. The maximum atomic E-state index is 5.71. The average Bonchev–Trinajstić information content (AvgIpc) is 2.18. The monoisotopic (exact) mass is 178 g/mol. The van der Waals surface area contributed by atoms with E-state index in [-0.39, 0.29) is 0 Å². The largest absolute Gasteiger partial charge is 0.491 e. The van der Waals surface area contributed by atoms with Crippen LogP contribution < -0.4 is 10.5 Å². The van der Waals surface area contributed by atoms with Crippen molar-refractivity contribution in [3.63, 3.8) is 0 Å². The maximum Gasteiger partial charge on any atom is 0.141 e. The molecule has 1 aromatic heterocycles. The number of fused-ring (bicyclic) bond motifs is 1. The highest BCUT2D eigenvalue weighted by atomic mass is 16.5. The second-order valence-corrected chi connectivity index (χ2v) is 3.52. The summed E-state index contributed by atoms with van der Waals surface area (Å²) >= 11 is 0. The van der Waals surface area contributed by atoms with E-state index < -0.39 is 0 Å². The zero-order valence-corrected chi connectivity index (χ0v) is 7.73. The van der Waals surface area contributed by atoms with Crippen LogP contribution in [0, 0.1) is 5.92 Å². The lowest BCUT2D eigenvalue weighted by atomic mass is 9.89. The van der Waals surface area contributed by atoms with Gasteiger partial charge in [0.25, 0.3) is 0 Å². The number of nitrogens with two attached hydrogens (primary N) is 1. The van der Waals surface area contributed by atoms with Crippen molar-refractivity contribution >= 4 is 0 Å². The van der Waals surface area contributed by atoms with Gasteiger partial charge < -0.3 is 10.5 Å². The second-order valence-electron chi connectivity index (χ2n) is 3.52. The lowest BCUT2D eigenvalue weighted by Crippen LogP contribution is -2.29. The number of pyridine rings is 1. The first-order chi connectivity index (χ1) is 6.33. The van der Waals surface area contributed by atoms with Gasteiger partial charge in [-0.25, -0.2) is 0 Å². The van der Waals surface area contributed by atoms with Gasteiger partial charge in [-0.05, 0) is 18.1 Å². The summed E-state index contributed by atoms with van der Waals surface area (Å²) in [5, 5.41) is 0. The van der Waals surface area contributed by atoms with Gasteiger partial charge in [-0.2, -0.15) is 0 Å². The SMILES string of the molecule is C[C@H]1COc2cccnc2[C@H]1CN. The first kappa shape index (κ1) is 8.51. The molecule has 0 radical (unpaired) electrons. The highest BCUT2D eigenvalue weighted by Crippen LogP contribution is 2.33. The van der Waals surface area contributed by atoms with E-state index in [0.717, 1.165) is 18.1 Å². The quantitative estimate of drug-likeness (QED) is 0.701. The zero-order valence-electron chi connectivity index (χ0n) is 7.73. The molecule has 70 valence electrons. The topological polar surface area (TPSA) is 48.1 Å². The van der Waals surface area contributed by atoms with Crippen LogP contribution in [-0.4, -0.2) is 18.1 Å². The summed E-state index contributed by atoms with van der Waals surface area (Å²) < 4.78 is 5.55.